The van der Waals surface area contributed by atoms with E-state index in [1.165, 1.54) is 11.1 Å². The van der Waals surface area contributed by atoms with E-state index >= 15 is 0 Å². The standard InChI is InChI=1S/C22H21FN6/c1-13-18(10-24-14(2)27-13)19-11-25-21(29-12-26-28-22(19)29)9-7-17-16-5-3-4-15(16)6-8-20(17)23/h6,8,10-12H,3-5,7,9H2,1-2H3. The molecule has 0 unspecified atom stereocenters. The highest BCUT2D eigenvalue weighted by molar-refractivity contribution is 5.77. The number of aryl methyl sites for hydroxylation is 4. The summed E-state index contributed by atoms with van der Waals surface area (Å²) in [6.45, 7) is 3.81. The third kappa shape index (κ3) is 3.06. The van der Waals surface area contributed by atoms with E-state index < -0.39 is 0 Å². The van der Waals surface area contributed by atoms with E-state index in [1.54, 1.807) is 24.8 Å². The molecule has 0 amide bonds. The zero-order chi connectivity index (χ0) is 20.0. The van der Waals surface area contributed by atoms with Gasteiger partial charge >= 0.3 is 0 Å². The summed E-state index contributed by atoms with van der Waals surface area (Å²) in [5.74, 6) is 1.43. The molecule has 146 valence electrons. The molecule has 5 rings (SSSR count). The van der Waals surface area contributed by atoms with Crippen LogP contribution < -0.4 is 0 Å². The molecule has 0 saturated carbocycles. The maximum Gasteiger partial charge on any atom is 0.171 e. The molecule has 4 aromatic rings. The van der Waals surface area contributed by atoms with Crippen molar-refractivity contribution in [2.75, 3.05) is 0 Å². The van der Waals surface area contributed by atoms with Crippen LogP contribution in [0.25, 0.3) is 16.8 Å². The number of fused-ring (bicyclic) bond motifs is 2. The average molecular weight is 388 g/mol. The van der Waals surface area contributed by atoms with E-state index in [4.69, 9.17) is 0 Å². The third-order valence-corrected chi connectivity index (χ3v) is 5.74. The van der Waals surface area contributed by atoms with Crippen molar-refractivity contribution >= 4 is 5.65 Å². The molecule has 0 fully saturated rings. The van der Waals surface area contributed by atoms with E-state index in [1.807, 2.05) is 24.3 Å². The van der Waals surface area contributed by atoms with Gasteiger partial charge in [0.25, 0.3) is 0 Å². The number of benzene rings is 1. The molecule has 3 heterocycles. The van der Waals surface area contributed by atoms with Gasteiger partial charge in [-0.2, -0.15) is 0 Å². The van der Waals surface area contributed by atoms with E-state index in [2.05, 4.69) is 25.1 Å². The molecule has 0 saturated heterocycles. The molecule has 0 bridgehead atoms. The molecule has 0 aliphatic heterocycles. The summed E-state index contributed by atoms with van der Waals surface area (Å²) in [6, 6.07) is 3.53. The highest BCUT2D eigenvalue weighted by Gasteiger charge is 2.19. The molecule has 1 aliphatic rings. The highest BCUT2D eigenvalue weighted by Crippen LogP contribution is 2.29. The van der Waals surface area contributed by atoms with Gasteiger partial charge in [-0.05, 0) is 62.3 Å². The van der Waals surface area contributed by atoms with Gasteiger partial charge in [0.2, 0.25) is 0 Å². The lowest BCUT2D eigenvalue weighted by Gasteiger charge is -2.12. The van der Waals surface area contributed by atoms with Gasteiger partial charge in [0.1, 0.15) is 23.8 Å². The third-order valence-electron chi connectivity index (χ3n) is 5.74. The summed E-state index contributed by atoms with van der Waals surface area (Å²) in [5.41, 5.74) is 6.62. The van der Waals surface area contributed by atoms with Gasteiger partial charge < -0.3 is 0 Å². The molecule has 0 radical (unpaired) electrons. The fraction of sp³-hybridized carbons (Fsp3) is 0.318. The Morgan fingerprint density at radius 2 is 1.90 bits per heavy atom. The fourth-order valence-corrected chi connectivity index (χ4v) is 4.31. The van der Waals surface area contributed by atoms with Crippen LogP contribution in [-0.2, 0) is 25.7 Å². The Morgan fingerprint density at radius 3 is 2.76 bits per heavy atom. The molecular weight excluding hydrogens is 367 g/mol. The molecule has 1 aromatic carbocycles. The first-order chi connectivity index (χ1) is 14.1. The Hall–Kier alpha value is -3.22. The van der Waals surface area contributed by atoms with Crippen LogP contribution >= 0.6 is 0 Å². The SMILES string of the molecule is Cc1ncc(-c2cnc(CCc3c(F)ccc4c3CCC4)n3cnnc23)c(C)n1. The smallest absolute Gasteiger partial charge is 0.171 e. The van der Waals surface area contributed by atoms with Gasteiger partial charge in [-0.3, -0.25) is 4.40 Å². The van der Waals surface area contributed by atoms with Crippen molar-refractivity contribution in [2.24, 2.45) is 0 Å². The fourth-order valence-electron chi connectivity index (χ4n) is 4.31. The summed E-state index contributed by atoms with van der Waals surface area (Å²) in [5, 5.41) is 8.38. The minimum atomic E-state index is -0.116. The summed E-state index contributed by atoms with van der Waals surface area (Å²) in [7, 11) is 0. The second-order valence-corrected chi connectivity index (χ2v) is 7.55. The summed E-state index contributed by atoms with van der Waals surface area (Å²) in [6.07, 6.45) is 9.60. The molecule has 0 spiro atoms. The molecule has 7 heteroatoms. The van der Waals surface area contributed by atoms with Crippen LogP contribution in [0.2, 0.25) is 0 Å². The summed E-state index contributed by atoms with van der Waals surface area (Å²) >= 11 is 0. The number of hydrogen-bond donors (Lipinski definition) is 0. The second-order valence-electron chi connectivity index (χ2n) is 7.55. The first-order valence-electron chi connectivity index (χ1n) is 9.89. The van der Waals surface area contributed by atoms with Crippen LogP contribution in [0.5, 0.6) is 0 Å². The van der Waals surface area contributed by atoms with Crippen molar-refractivity contribution in [2.45, 2.75) is 46.0 Å². The monoisotopic (exact) mass is 388 g/mol. The van der Waals surface area contributed by atoms with Gasteiger partial charge in [0, 0.05) is 35.6 Å². The zero-order valence-electron chi connectivity index (χ0n) is 16.5. The maximum absolute atomic E-state index is 14.5. The van der Waals surface area contributed by atoms with Crippen LogP contribution in [-0.4, -0.2) is 29.5 Å². The molecule has 29 heavy (non-hydrogen) atoms. The molecular formula is C22H21FN6. The predicted molar refractivity (Wildman–Crippen MR) is 107 cm³/mol. The first kappa shape index (κ1) is 17.8. The topological polar surface area (TPSA) is 68.9 Å². The lowest BCUT2D eigenvalue weighted by Crippen LogP contribution is -2.07. The number of halogens is 1. The van der Waals surface area contributed by atoms with Crippen LogP contribution in [0, 0.1) is 19.7 Å². The van der Waals surface area contributed by atoms with Gasteiger partial charge in [-0.15, -0.1) is 10.2 Å². The lowest BCUT2D eigenvalue weighted by atomic mass is 9.98. The van der Waals surface area contributed by atoms with Gasteiger partial charge in [-0.1, -0.05) is 6.07 Å². The predicted octanol–water partition coefficient (Wildman–Crippen LogP) is 3.61. The number of hydrogen-bond acceptors (Lipinski definition) is 5. The van der Waals surface area contributed by atoms with Crippen LogP contribution in [0.3, 0.4) is 0 Å². The normalized spacial score (nSPS) is 13.2. The van der Waals surface area contributed by atoms with Crippen molar-refractivity contribution in [3.05, 3.63) is 70.7 Å². The summed E-state index contributed by atoms with van der Waals surface area (Å²) in [4.78, 5) is 13.4. The van der Waals surface area contributed by atoms with E-state index in [0.29, 0.717) is 18.5 Å². The van der Waals surface area contributed by atoms with Crippen molar-refractivity contribution in [3.63, 3.8) is 0 Å². The largest absolute Gasteiger partial charge is 0.269 e. The molecule has 6 nitrogen and oxygen atoms in total. The highest BCUT2D eigenvalue weighted by atomic mass is 19.1. The Bertz CT molecular complexity index is 1230. The van der Waals surface area contributed by atoms with Crippen LogP contribution in [0.15, 0.2) is 30.9 Å². The second kappa shape index (κ2) is 6.99. The van der Waals surface area contributed by atoms with Crippen molar-refractivity contribution < 1.29 is 4.39 Å². The Balaban J connectivity index is 1.50. The average Bonchev–Trinajstić information content (AvgIpc) is 3.37. The minimum absolute atomic E-state index is 0.116. The van der Waals surface area contributed by atoms with E-state index in [-0.39, 0.29) is 5.82 Å². The zero-order valence-corrected chi connectivity index (χ0v) is 16.5. The quantitative estimate of drug-likeness (QED) is 0.534. The van der Waals surface area contributed by atoms with Gasteiger partial charge in [-0.25, -0.2) is 19.3 Å². The van der Waals surface area contributed by atoms with Crippen molar-refractivity contribution in [3.8, 4) is 11.1 Å². The molecule has 1 aliphatic carbocycles. The Kier molecular flexibility index (Phi) is 4.30. The van der Waals surface area contributed by atoms with Crippen molar-refractivity contribution in [1.29, 1.82) is 0 Å². The number of nitrogens with zero attached hydrogens (tertiary/aromatic N) is 6. The summed E-state index contributed by atoms with van der Waals surface area (Å²) < 4.78 is 16.4. The van der Waals surface area contributed by atoms with Crippen molar-refractivity contribution in [1.82, 2.24) is 29.5 Å². The van der Waals surface area contributed by atoms with E-state index in [9.17, 15) is 4.39 Å². The van der Waals surface area contributed by atoms with Crippen LogP contribution in [0.1, 0.15) is 40.5 Å². The van der Waals surface area contributed by atoms with Gasteiger partial charge in [0.15, 0.2) is 5.65 Å². The molecule has 0 atom stereocenters. The lowest BCUT2D eigenvalue weighted by molar-refractivity contribution is 0.603. The Morgan fingerprint density at radius 1 is 1.03 bits per heavy atom. The molecule has 3 aromatic heterocycles. The molecule has 0 N–H and O–H groups in total. The van der Waals surface area contributed by atoms with Crippen LogP contribution in [0.4, 0.5) is 4.39 Å². The minimum Gasteiger partial charge on any atom is -0.269 e. The number of aromatic nitrogens is 6. The maximum atomic E-state index is 14.5. The number of rotatable bonds is 4. The van der Waals surface area contributed by atoms with Gasteiger partial charge in [0.05, 0.1) is 0 Å². The first-order valence-corrected chi connectivity index (χ1v) is 9.89. The van der Waals surface area contributed by atoms with E-state index in [0.717, 1.165) is 53.3 Å². The Labute approximate surface area is 167 Å².